The zero-order chi connectivity index (χ0) is 26.3. The molecular formula is C25H21F4N5O3. The lowest BCUT2D eigenvalue weighted by Gasteiger charge is -2.36. The van der Waals surface area contributed by atoms with Gasteiger partial charge >= 0.3 is 12.1 Å². The van der Waals surface area contributed by atoms with Gasteiger partial charge in [-0.2, -0.15) is 23.3 Å². The average Bonchev–Trinajstić information content (AvgIpc) is 3.49. The number of alkyl halides is 3. The van der Waals surface area contributed by atoms with Crippen molar-refractivity contribution >= 4 is 5.91 Å². The molecule has 0 saturated carbocycles. The molecular weight excluding hydrogens is 494 g/mol. The Morgan fingerprint density at radius 1 is 1.08 bits per heavy atom. The third kappa shape index (κ3) is 4.59. The van der Waals surface area contributed by atoms with Gasteiger partial charge in [0.25, 0.3) is 5.91 Å². The van der Waals surface area contributed by atoms with Crippen LogP contribution in [-0.4, -0.2) is 50.5 Å². The Morgan fingerprint density at radius 2 is 1.81 bits per heavy atom. The van der Waals surface area contributed by atoms with Crippen molar-refractivity contribution in [2.45, 2.75) is 26.1 Å². The van der Waals surface area contributed by atoms with Gasteiger partial charge in [-0.1, -0.05) is 29.4 Å². The number of para-hydroxylation sites is 1. The summed E-state index contributed by atoms with van der Waals surface area (Å²) >= 11 is 0. The number of benzene rings is 2. The van der Waals surface area contributed by atoms with E-state index in [1.54, 1.807) is 30.0 Å². The third-order valence-electron chi connectivity index (χ3n) is 6.21. The molecule has 4 aromatic rings. The normalized spacial score (nSPS) is 16.3. The molecule has 1 aliphatic heterocycles. The number of amides is 1. The Labute approximate surface area is 208 Å². The molecule has 0 radical (unpaired) electrons. The van der Waals surface area contributed by atoms with Gasteiger partial charge in [0.2, 0.25) is 5.82 Å². The number of morpholine rings is 1. The lowest BCUT2D eigenvalue weighted by atomic mass is 10.0. The summed E-state index contributed by atoms with van der Waals surface area (Å²) < 4.78 is 64.2. The molecule has 0 aliphatic carbocycles. The Hall–Kier alpha value is -4.06. The van der Waals surface area contributed by atoms with Crippen LogP contribution in [0.2, 0.25) is 0 Å². The highest BCUT2D eigenvalue weighted by atomic mass is 19.4. The van der Waals surface area contributed by atoms with Crippen LogP contribution in [0.4, 0.5) is 17.6 Å². The first-order chi connectivity index (χ1) is 17.6. The van der Waals surface area contributed by atoms with Crippen LogP contribution in [0, 0.1) is 19.7 Å². The minimum absolute atomic E-state index is 0.234. The average molecular weight is 515 g/mol. The van der Waals surface area contributed by atoms with Crippen LogP contribution in [-0.2, 0) is 10.9 Å². The van der Waals surface area contributed by atoms with Gasteiger partial charge in [0.1, 0.15) is 11.5 Å². The fourth-order valence-electron chi connectivity index (χ4n) is 4.46. The van der Waals surface area contributed by atoms with Crippen LogP contribution in [0.3, 0.4) is 0 Å². The van der Waals surface area contributed by atoms with Crippen molar-refractivity contribution < 1.29 is 31.6 Å². The minimum atomic E-state index is -4.75. The third-order valence-corrected chi connectivity index (χ3v) is 6.21. The lowest BCUT2D eigenvalue weighted by molar-refractivity contribution is -0.159. The number of hydrogen-bond acceptors (Lipinski definition) is 6. The van der Waals surface area contributed by atoms with E-state index in [1.807, 2.05) is 6.92 Å². The van der Waals surface area contributed by atoms with Gasteiger partial charge in [0, 0.05) is 28.9 Å². The monoisotopic (exact) mass is 515 g/mol. The summed E-state index contributed by atoms with van der Waals surface area (Å²) in [4.78, 5) is 18.5. The zero-order valence-corrected chi connectivity index (χ0v) is 19.8. The molecule has 12 heteroatoms. The minimum Gasteiger partial charge on any atom is -0.377 e. The van der Waals surface area contributed by atoms with Gasteiger partial charge in [-0.25, -0.2) is 9.07 Å². The van der Waals surface area contributed by atoms with E-state index in [4.69, 9.17) is 4.74 Å². The molecule has 1 unspecified atom stereocenters. The Morgan fingerprint density at radius 3 is 2.49 bits per heavy atom. The Bertz CT molecular complexity index is 1450. The van der Waals surface area contributed by atoms with E-state index in [0.717, 1.165) is 5.56 Å². The highest BCUT2D eigenvalue weighted by molar-refractivity contribution is 5.95. The second kappa shape index (κ2) is 9.43. The van der Waals surface area contributed by atoms with Crippen molar-refractivity contribution in [3.63, 3.8) is 0 Å². The summed E-state index contributed by atoms with van der Waals surface area (Å²) in [5.41, 5.74) is 2.99. The smallest absolute Gasteiger partial charge is 0.377 e. The SMILES string of the molecule is Cc1nn(-c2ccccc2F)c(C)c1C1COCCN1C(=O)c1ccc(-c2noc(C(F)(F)F)n2)cc1. The molecule has 1 atom stereocenters. The molecule has 0 N–H and O–H groups in total. The molecule has 0 bridgehead atoms. The van der Waals surface area contributed by atoms with Crippen LogP contribution in [0.25, 0.3) is 17.1 Å². The number of ether oxygens (including phenoxy) is 1. The molecule has 1 saturated heterocycles. The van der Waals surface area contributed by atoms with Gasteiger partial charge in [-0.15, -0.1) is 0 Å². The summed E-state index contributed by atoms with van der Waals surface area (Å²) in [5, 5.41) is 7.90. The molecule has 2 aromatic heterocycles. The predicted molar refractivity (Wildman–Crippen MR) is 122 cm³/mol. The molecule has 2 aromatic carbocycles. The maximum atomic E-state index is 14.5. The summed E-state index contributed by atoms with van der Waals surface area (Å²) in [5.74, 6) is -2.39. The molecule has 3 heterocycles. The summed E-state index contributed by atoms with van der Waals surface area (Å²) in [7, 11) is 0. The first-order valence-electron chi connectivity index (χ1n) is 11.4. The van der Waals surface area contributed by atoms with Gasteiger partial charge in [0.05, 0.1) is 24.9 Å². The van der Waals surface area contributed by atoms with Crippen molar-refractivity contribution in [2.75, 3.05) is 19.8 Å². The summed E-state index contributed by atoms with van der Waals surface area (Å²) in [6.45, 7) is 4.50. The molecule has 0 spiro atoms. The molecule has 1 amide bonds. The Balaban J connectivity index is 1.43. The van der Waals surface area contributed by atoms with Gasteiger partial charge in [-0.05, 0) is 38.1 Å². The molecule has 37 heavy (non-hydrogen) atoms. The molecule has 8 nitrogen and oxygen atoms in total. The van der Waals surface area contributed by atoms with E-state index in [9.17, 15) is 22.4 Å². The van der Waals surface area contributed by atoms with Crippen molar-refractivity contribution in [3.8, 4) is 17.1 Å². The second-order valence-corrected chi connectivity index (χ2v) is 8.54. The fraction of sp³-hybridized carbons (Fsp3) is 0.280. The molecule has 1 fully saturated rings. The van der Waals surface area contributed by atoms with Crippen LogP contribution in [0.15, 0.2) is 53.1 Å². The number of hydrogen-bond donors (Lipinski definition) is 0. The number of aryl methyl sites for hydroxylation is 1. The van der Waals surface area contributed by atoms with E-state index in [0.29, 0.717) is 35.8 Å². The molecule has 5 rings (SSSR count). The van der Waals surface area contributed by atoms with E-state index in [1.165, 1.54) is 35.0 Å². The molecule has 192 valence electrons. The Kier molecular flexibility index (Phi) is 6.28. The van der Waals surface area contributed by atoms with E-state index < -0.39 is 23.9 Å². The number of halogens is 4. The van der Waals surface area contributed by atoms with Crippen LogP contribution < -0.4 is 0 Å². The standard InChI is InChI=1S/C25H21F4N5O3/c1-14-21(15(2)34(31-14)19-6-4-3-5-18(19)26)20-13-36-12-11-33(20)23(35)17-9-7-16(8-10-17)22-30-24(37-32-22)25(27,28)29/h3-10,20H,11-13H2,1-2H3. The van der Waals surface area contributed by atoms with Crippen molar-refractivity contribution in [1.29, 1.82) is 0 Å². The summed E-state index contributed by atoms with van der Waals surface area (Å²) in [6.07, 6.45) is -4.75. The van der Waals surface area contributed by atoms with Crippen LogP contribution in [0.5, 0.6) is 0 Å². The highest BCUT2D eigenvalue weighted by Crippen LogP contribution is 2.33. The fourth-order valence-corrected chi connectivity index (χ4v) is 4.46. The topological polar surface area (TPSA) is 86.3 Å². The van der Waals surface area contributed by atoms with Crippen molar-refractivity contribution in [2.24, 2.45) is 0 Å². The predicted octanol–water partition coefficient (Wildman–Crippen LogP) is 4.91. The van der Waals surface area contributed by atoms with Gasteiger partial charge in [0.15, 0.2) is 0 Å². The van der Waals surface area contributed by atoms with E-state index in [2.05, 4.69) is 19.8 Å². The maximum Gasteiger partial charge on any atom is 0.471 e. The first kappa shape index (κ1) is 24.6. The quantitative estimate of drug-likeness (QED) is 0.359. The zero-order valence-electron chi connectivity index (χ0n) is 19.8. The van der Waals surface area contributed by atoms with Crippen molar-refractivity contribution in [1.82, 2.24) is 24.8 Å². The van der Waals surface area contributed by atoms with Crippen LogP contribution in [0.1, 0.15) is 39.2 Å². The van der Waals surface area contributed by atoms with E-state index in [-0.39, 0.29) is 23.9 Å². The molecule has 1 aliphatic rings. The highest BCUT2D eigenvalue weighted by Gasteiger charge is 2.38. The first-order valence-corrected chi connectivity index (χ1v) is 11.4. The number of rotatable bonds is 4. The van der Waals surface area contributed by atoms with Gasteiger partial charge in [-0.3, -0.25) is 4.79 Å². The number of nitrogens with zero attached hydrogens (tertiary/aromatic N) is 5. The number of aromatic nitrogens is 4. The van der Waals surface area contributed by atoms with E-state index >= 15 is 0 Å². The maximum absolute atomic E-state index is 14.5. The second-order valence-electron chi connectivity index (χ2n) is 8.54. The van der Waals surface area contributed by atoms with Crippen LogP contribution >= 0.6 is 0 Å². The summed E-state index contributed by atoms with van der Waals surface area (Å²) in [6, 6.07) is 11.7. The number of carbonyl (C=O) groups excluding carboxylic acids is 1. The number of carbonyl (C=O) groups is 1. The largest absolute Gasteiger partial charge is 0.471 e. The van der Waals surface area contributed by atoms with Crippen molar-refractivity contribution in [3.05, 3.63) is 82.8 Å². The van der Waals surface area contributed by atoms with Gasteiger partial charge < -0.3 is 14.2 Å². The lowest BCUT2D eigenvalue weighted by Crippen LogP contribution is -2.43.